The lowest BCUT2D eigenvalue weighted by atomic mass is 10.3. The van der Waals surface area contributed by atoms with E-state index in [1.54, 1.807) is 6.07 Å². The molecule has 0 N–H and O–H groups in total. The second kappa shape index (κ2) is 8.56. The molecule has 0 unspecified atom stereocenters. The average molecular weight is 446 g/mol. The Morgan fingerprint density at radius 3 is 2.10 bits per heavy atom. The Balaban J connectivity index is 1.55. The van der Waals surface area contributed by atoms with Gasteiger partial charge in [-0.3, -0.25) is 4.79 Å². The third kappa shape index (κ3) is 4.49. The van der Waals surface area contributed by atoms with Crippen LogP contribution in [0.15, 0.2) is 70.4 Å². The summed E-state index contributed by atoms with van der Waals surface area (Å²) in [5.74, 6) is -0.392. The van der Waals surface area contributed by atoms with E-state index in [-0.39, 0.29) is 17.0 Å². The van der Waals surface area contributed by atoms with E-state index in [1.807, 2.05) is 4.90 Å². The molecule has 0 radical (unpaired) electrons. The minimum atomic E-state index is -3.74. The summed E-state index contributed by atoms with van der Waals surface area (Å²) in [5.41, 5.74) is 0.0780. The highest BCUT2D eigenvalue weighted by atomic mass is 32.2. The van der Waals surface area contributed by atoms with Gasteiger partial charge in [-0.25, -0.2) is 17.2 Å². The van der Waals surface area contributed by atoms with Crippen LogP contribution in [0.25, 0.3) is 5.69 Å². The fourth-order valence-electron chi connectivity index (χ4n) is 3.46. The molecule has 0 atom stereocenters. The largest absolute Gasteiger partial charge is 0.354 e. The van der Waals surface area contributed by atoms with Gasteiger partial charge in [-0.15, -0.1) is 5.10 Å². The van der Waals surface area contributed by atoms with Gasteiger partial charge < -0.3 is 4.90 Å². The molecule has 1 aliphatic heterocycles. The van der Waals surface area contributed by atoms with Crippen LogP contribution < -0.4 is 10.5 Å². The van der Waals surface area contributed by atoms with Crippen LogP contribution in [0.4, 0.5) is 14.6 Å². The highest BCUT2D eigenvalue weighted by molar-refractivity contribution is 7.89. The molecular weight excluding hydrogens is 426 g/mol. The SMILES string of the molecule is O=c1ccc(N2CCCN(S(=O)(=O)c3ccc(F)cc3)CC2)nn1-c1ccc(F)cc1. The number of sulfonamides is 1. The quantitative estimate of drug-likeness (QED) is 0.615. The van der Waals surface area contributed by atoms with Gasteiger partial charge in [-0.2, -0.15) is 8.99 Å². The van der Waals surface area contributed by atoms with E-state index in [4.69, 9.17) is 0 Å². The fraction of sp³-hybridized carbons (Fsp3) is 0.238. The molecule has 31 heavy (non-hydrogen) atoms. The lowest BCUT2D eigenvalue weighted by Crippen LogP contribution is -2.36. The van der Waals surface area contributed by atoms with Crippen molar-refractivity contribution in [2.45, 2.75) is 11.3 Å². The van der Waals surface area contributed by atoms with Gasteiger partial charge in [-0.05, 0) is 61.0 Å². The Kier molecular flexibility index (Phi) is 5.84. The van der Waals surface area contributed by atoms with Crippen LogP contribution in [0.3, 0.4) is 0 Å². The van der Waals surface area contributed by atoms with Gasteiger partial charge in [0.1, 0.15) is 17.5 Å². The van der Waals surface area contributed by atoms with Crippen LogP contribution in [-0.4, -0.2) is 48.7 Å². The molecule has 1 saturated heterocycles. The van der Waals surface area contributed by atoms with Crippen LogP contribution in [0.2, 0.25) is 0 Å². The highest BCUT2D eigenvalue weighted by Gasteiger charge is 2.27. The number of halogens is 2. The molecule has 2 heterocycles. The van der Waals surface area contributed by atoms with E-state index < -0.39 is 21.7 Å². The zero-order valence-electron chi connectivity index (χ0n) is 16.5. The molecule has 0 spiro atoms. The van der Waals surface area contributed by atoms with Crippen LogP contribution in [0.1, 0.15) is 6.42 Å². The lowest BCUT2D eigenvalue weighted by molar-refractivity contribution is 0.433. The molecule has 4 rings (SSSR count). The predicted octanol–water partition coefficient (Wildman–Crippen LogP) is 2.41. The molecule has 0 amide bonds. The maximum atomic E-state index is 13.2. The van der Waals surface area contributed by atoms with Crippen molar-refractivity contribution in [1.29, 1.82) is 0 Å². The minimum absolute atomic E-state index is 0.0466. The second-order valence-corrected chi connectivity index (χ2v) is 9.05. The summed E-state index contributed by atoms with van der Waals surface area (Å²) in [6.07, 6.45) is 0.553. The molecular formula is C21H20F2N4O3S. The van der Waals surface area contributed by atoms with Gasteiger partial charge in [0, 0.05) is 32.2 Å². The molecule has 0 bridgehead atoms. The molecule has 0 saturated carbocycles. The molecule has 1 aromatic heterocycles. The zero-order valence-corrected chi connectivity index (χ0v) is 17.3. The van der Waals surface area contributed by atoms with Crippen LogP contribution in [0.5, 0.6) is 0 Å². The van der Waals surface area contributed by atoms with Crippen molar-refractivity contribution in [3.8, 4) is 5.69 Å². The topological polar surface area (TPSA) is 75.5 Å². The normalized spacial score (nSPS) is 15.6. The average Bonchev–Trinajstić information content (AvgIpc) is 3.02. The number of rotatable bonds is 4. The number of nitrogens with zero attached hydrogens (tertiary/aromatic N) is 4. The van der Waals surface area contributed by atoms with Gasteiger partial charge in [-0.1, -0.05) is 0 Å². The van der Waals surface area contributed by atoms with E-state index in [9.17, 15) is 22.0 Å². The zero-order chi connectivity index (χ0) is 22.0. The molecule has 3 aromatic rings. The van der Waals surface area contributed by atoms with E-state index >= 15 is 0 Å². The van der Waals surface area contributed by atoms with Crippen molar-refractivity contribution >= 4 is 15.8 Å². The van der Waals surface area contributed by atoms with Crippen LogP contribution >= 0.6 is 0 Å². The Bertz CT molecular complexity index is 1230. The summed E-state index contributed by atoms with van der Waals surface area (Å²) < 4.78 is 54.7. The van der Waals surface area contributed by atoms with Crippen molar-refractivity contribution in [3.63, 3.8) is 0 Å². The molecule has 0 aliphatic carbocycles. The fourth-order valence-corrected chi connectivity index (χ4v) is 4.93. The van der Waals surface area contributed by atoms with Crippen molar-refractivity contribution in [3.05, 3.63) is 82.7 Å². The standard InChI is InChI=1S/C21H20F2N4O3S/c22-16-2-6-18(7-3-16)27-21(28)11-10-20(24-27)25-12-1-13-26(15-14-25)31(29,30)19-8-4-17(23)5-9-19/h2-11H,1,12-15H2. The van der Waals surface area contributed by atoms with Gasteiger partial charge >= 0.3 is 0 Å². The molecule has 10 heteroatoms. The molecule has 162 valence electrons. The smallest absolute Gasteiger partial charge is 0.271 e. The Morgan fingerprint density at radius 1 is 0.774 bits per heavy atom. The summed E-state index contributed by atoms with van der Waals surface area (Å²) in [6.45, 7) is 1.45. The molecule has 7 nitrogen and oxygen atoms in total. The maximum absolute atomic E-state index is 13.2. The predicted molar refractivity (Wildman–Crippen MR) is 112 cm³/mol. The summed E-state index contributed by atoms with van der Waals surface area (Å²) >= 11 is 0. The summed E-state index contributed by atoms with van der Waals surface area (Å²) in [4.78, 5) is 14.2. The van der Waals surface area contributed by atoms with Gasteiger partial charge in [0.2, 0.25) is 10.0 Å². The number of benzene rings is 2. The summed E-state index contributed by atoms with van der Waals surface area (Å²) in [7, 11) is -3.74. The van der Waals surface area contributed by atoms with Gasteiger partial charge in [0.15, 0.2) is 0 Å². The van der Waals surface area contributed by atoms with Crippen molar-refractivity contribution in [2.24, 2.45) is 0 Å². The van der Waals surface area contributed by atoms with Gasteiger partial charge in [0.25, 0.3) is 5.56 Å². The maximum Gasteiger partial charge on any atom is 0.271 e. The summed E-state index contributed by atoms with van der Waals surface area (Å²) in [5, 5.41) is 4.39. The molecule has 1 fully saturated rings. The van der Waals surface area contributed by atoms with Crippen molar-refractivity contribution in [1.82, 2.24) is 14.1 Å². The van der Waals surface area contributed by atoms with E-state index in [0.717, 1.165) is 12.1 Å². The van der Waals surface area contributed by atoms with E-state index in [1.165, 1.54) is 51.5 Å². The summed E-state index contributed by atoms with van der Waals surface area (Å²) in [6, 6.07) is 13.2. The number of anilines is 1. The molecule has 2 aromatic carbocycles. The third-order valence-corrected chi connectivity index (χ3v) is 7.00. The van der Waals surface area contributed by atoms with E-state index in [2.05, 4.69) is 5.10 Å². The van der Waals surface area contributed by atoms with Gasteiger partial charge in [0.05, 0.1) is 10.6 Å². The number of hydrogen-bond donors (Lipinski definition) is 0. The van der Waals surface area contributed by atoms with Crippen LogP contribution in [0, 0.1) is 11.6 Å². The number of aromatic nitrogens is 2. The number of hydrogen-bond acceptors (Lipinski definition) is 5. The van der Waals surface area contributed by atoms with Crippen molar-refractivity contribution in [2.75, 3.05) is 31.1 Å². The highest BCUT2D eigenvalue weighted by Crippen LogP contribution is 2.20. The third-order valence-electron chi connectivity index (χ3n) is 5.09. The Morgan fingerprint density at radius 2 is 1.42 bits per heavy atom. The second-order valence-electron chi connectivity index (χ2n) is 7.12. The first-order valence-corrected chi connectivity index (χ1v) is 11.2. The first-order chi connectivity index (χ1) is 14.8. The Labute approximate surface area is 178 Å². The first-order valence-electron chi connectivity index (χ1n) is 9.71. The minimum Gasteiger partial charge on any atom is -0.354 e. The first kappa shape index (κ1) is 21.1. The van der Waals surface area contributed by atoms with Crippen LogP contribution in [-0.2, 0) is 10.0 Å². The monoisotopic (exact) mass is 446 g/mol. The Hall–Kier alpha value is -3.11. The van der Waals surface area contributed by atoms with Crippen molar-refractivity contribution < 1.29 is 17.2 Å². The van der Waals surface area contributed by atoms with E-state index in [0.29, 0.717) is 37.6 Å². The molecule has 1 aliphatic rings. The lowest BCUT2D eigenvalue weighted by Gasteiger charge is -2.23.